The monoisotopic (exact) mass is 282 g/mol. The summed E-state index contributed by atoms with van der Waals surface area (Å²) in [5.74, 6) is 0.764. The second-order valence-electron chi connectivity index (χ2n) is 7.17. The van der Waals surface area contributed by atoms with Crippen molar-refractivity contribution >= 4 is 5.91 Å². The molecule has 2 unspecified atom stereocenters. The number of rotatable bonds is 4. The number of carbonyl (C=O) groups is 1. The van der Waals surface area contributed by atoms with E-state index in [1.54, 1.807) is 0 Å². The zero-order valence-electron chi connectivity index (χ0n) is 13.0. The fraction of sp³-hybridized carbons (Fsp3) is 0.938. The van der Waals surface area contributed by atoms with Gasteiger partial charge in [-0.1, -0.05) is 19.8 Å². The van der Waals surface area contributed by atoms with E-state index in [4.69, 9.17) is 5.73 Å². The molecule has 4 N–H and O–H groups in total. The lowest BCUT2D eigenvalue weighted by Crippen LogP contribution is -2.52. The van der Waals surface area contributed by atoms with Gasteiger partial charge < -0.3 is 16.2 Å². The Morgan fingerprint density at radius 3 is 2.45 bits per heavy atom. The Hall–Kier alpha value is -0.610. The minimum atomic E-state index is -0.708. The van der Waals surface area contributed by atoms with E-state index in [1.165, 1.54) is 6.42 Å². The molecular weight excluding hydrogens is 252 g/mol. The van der Waals surface area contributed by atoms with Crippen LogP contribution in [0.4, 0.5) is 0 Å². The molecule has 2 aliphatic carbocycles. The summed E-state index contributed by atoms with van der Waals surface area (Å²) in [6.45, 7) is 4.54. The minimum Gasteiger partial charge on any atom is -0.388 e. The lowest BCUT2D eigenvalue weighted by atomic mass is 9.77. The lowest BCUT2D eigenvalue weighted by Gasteiger charge is -2.37. The highest BCUT2D eigenvalue weighted by Gasteiger charge is 2.43. The molecule has 2 aliphatic rings. The van der Waals surface area contributed by atoms with Gasteiger partial charge in [0.2, 0.25) is 5.91 Å². The van der Waals surface area contributed by atoms with Gasteiger partial charge in [-0.2, -0.15) is 0 Å². The Morgan fingerprint density at radius 1 is 1.30 bits per heavy atom. The predicted octanol–water partition coefficient (Wildman–Crippen LogP) is 1.95. The molecule has 0 spiro atoms. The molecule has 0 saturated heterocycles. The van der Waals surface area contributed by atoms with Crippen molar-refractivity contribution in [3.63, 3.8) is 0 Å². The van der Waals surface area contributed by atoms with E-state index < -0.39 is 11.0 Å². The highest BCUT2D eigenvalue weighted by atomic mass is 16.3. The van der Waals surface area contributed by atoms with E-state index >= 15 is 0 Å². The number of hydrogen-bond acceptors (Lipinski definition) is 3. The molecule has 4 heteroatoms. The van der Waals surface area contributed by atoms with Crippen LogP contribution in [-0.4, -0.2) is 29.2 Å². The molecule has 2 atom stereocenters. The van der Waals surface area contributed by atoms with Crippen molar-refractivity contribution in [3.8, 4) is 0 Å². The molecule has 4 nitrogen and oxygen atoms in total. The van der Waals surface area contributed by atoms with E-state index in [0.717, 1.165) is 50.9 Å². The first-order valence-corrected chi connectivity index (χ1v) is 8.16. The number of nitrogens with one attached hydrogen (secondary N) is 1. The van der Waals surface area contributed by atoms with Gasteiger partial charge in [-0.15, -0.1) is 0 Å². The van der Waals surface area contributed by atoms with Crippen LogP contribution in [0.1, 0.15) is 65.2 Å². The molecule has 2 fully saturated rings. The molecule has 20 heavy (non-hydrogen) atoms. The first-order valence-electron chi connectivity index (χ1n) is 8.16. The summed E-state index contributed by atoms with van der Waals surface area (Å²) < 4.78 is 0. The summed E-state index contributed by atoms with van der Waals surface area (Å²) in [6.07, 6.45) is 7.73. The Labute approximate surface area is 122 Å². The zero-order chi connectivity index (χ0) is 14.8. The molecule has 116 valence electrons. The maximum absolute atomic E-state index is 12.4. The number of carbonyl (C=O) groups excluding carboxylic acids is 1. The summed E-state index contributed by atoms with van der Waals surface area (Å²) in [5, 5.41) is 13.5. The van der Waals surface area contributed by atoms with Crippen LogP contribution in [-0.2, 0) is 4.79 Å². The van der Waals surface area contributed by atoms with Gasteiger partial charge in [0.15, 0.2) is 0 Å². The largest absolute Gasteiger partial charge is 0.388 e. The van der Waals surface area contributed by atoms with Gasteiger partial charge in [-0.05, 0) is 51.4 Å². The van der Waals surface area contributed by atoms with Gasteiger partial charge in [0.25, 0.3) is 0 Å². The number of aliphatic hydroxyl groups is 1. The fourth-order valence-corrected chi connectivity index (χ4v) is 3.72. The SMILES string of the molecule is CCC1CCC(O)(CNC(=O)C2(C)CCCC2N)CC1. The van der Waals surface area contributed by atoms with Crippen molar-refractivity contribution in [1.82, 2.24) is 5.32 Å². The van der Waals surface area contributed by atoms with E-state index in [1.807, 2.05) is 6.92 Å². The zero-order valence-corrected chi connectivity index (χ0v) is 13.0. The number of nitrogens with two attached hydrogens (primary N) is 1. The van der Waals surface area contributed by atoms with Crippen LogP contribution in [0.25, 0.3) is 0 Å². The summed E-state index contributed by atoms with van der Waals surface area (Å²) in [7, 11) is 0. The van der Waals surface area contributed by atoms with Gasteiger partial charge in [0.1, 0.15) is 0 Å². The first kappa shape index (κ1) is 15.8. The Balaban J connectivity index is 1.84. The van der Waals surface area contributed by atoms with E-state index in [9.17, 15) is 9.90 Å². The van der Waals surface area contributed by atoms with Crippen LogP contribution in [0.15, 0.2) is 0 Å². The highest BCUT2D eigenvalue weighted by Crippen LogP contribution is 2.37. The summed E-state index contributed by atoms with van der Waals surface area (Å²) in [4.78, 5) is 12.4. The van der Waals surface area contributed by atoms with E-state index in [0.29, 0.717) is 6.54 Å². The third-order valence-corrected chi connectivity index (χ3v) is 5.74. The van der Waals surface area contributed by atoms with Crippen LogP contribution in [0.2, 0.25) is 0 Å². The third kappa shape index (κ3) is 3.17. The van der Waals surface area contributed by atoms with Crippen LogP contribution < -0.4 is 11.1 Å². The normalized spacial score (nSPS) is 41.6. The van der Waals surface area contributed by atoms with Crippen molar-refractivity contribution in [2.24, 2.45) is 17.1 Å². The van der Waals surface area contributed by atoms with Crippen molar-refractivity contribution in [2.75, 3.05) is 6.54 Å². The minimum absolute atomic E-state index is 0.0218. The predicted molar refractivity (Wildman–Crippen MR) is 80.1 cm³/mol. The Kier molecular flexibility index (Phi) is 4.75. The molecule has 0 heterocycles. The van der Waals surface area contributed by atoms with Gasteiger partial charge >= 0.3 is 0 Å². The van der Waals surface area contributed by atoms with E-state index in [2.05, 4.69) is 12.2 Å². The summed E-state index contributed by atoms with van der Waals surface area (Å²) in [6, 6.07) is -0.0482. The summed E-state index contributed by atoms with van der Waals surface area (Å²) in [5.41, 5.74) is 4.91. The van der Waals surface area contributed by atoms with Crippen LogP contribution in [0.3, 0.4) is 0 Å². The van der Waals surface area contributed by atoms with Gasteiger partial charge in [-0.25, -0.2) is 0 Å². The topological polar surface area (TPSA) is 75.3 Å². The maximum Gasteiger partial charge on any atom is 0.227 e. The van der Waals surface area contributed by atoms with Crippen molar-refractivity contribution < 1.29 is 9.90 Å². The van der Waals surface area contributed by atoms with Crippen molar-refractivity contribution in [3.05, 3.63) is 0 Å². The molecule has 0 aliphatic heterocycles. The molecule has 2 saturated carbocycles. The second kappa shape index (κ2) is 6.02. The quantitative estimate of drug-likeness (QED) is 0.737. The van der Waals surface area contributed by atoms with Crippen molar-refractivity contribution in [2.45, 2.75) is 76.9 Å². The van der Waals surface area contributed by atoms with Gasteiger partial charge in [0, 0.05) is 12.6 Å². The Morgan fingerprint density at radius 2 is 1.95 bits per heavy atom. The van der Waals surface area contributed by atoms with Crippen LogP contribution >= 0.6 is 0 Å². The fourth-order valence-electron chi connectivity index (χ4n) is 3.72. The molecule has 0 bridgehead atoms. The average molecular weight is 282 g/mol. The number of amides is 1. The van der Waals surface area contributed by atoms with Crippen LogP contribution in [0, 0.1) is 11.3 Å². The molecule has 0 aromatic rings. The summed E-state index contributed by atoms with van der Waals surface area (Å²) >= 11 is 0. The smallest absolute Gasteiger partial charge is 0.227 e. The molecule has 1 amide bonds. The maximum atomic E-state index is 12.4. The molecule has 0 radical (unpaired) electrons. The second-order valence-corrected chi connectivity index (χ2v) is 7.17. The number of hydrogen-bond donors (Lipinski definition) is 3. The lowest BCUT2D eigenvalue weighted by molar-refractivity contribution is -0.132. The molecular formula is C16H30N2O2. The highest BCUT2D eigenvalue weighted by molar-refractivity contribution is 5.83. The van der Waals surface area contributed by atoms with Crippen LogP contribution in [0.5, 0.6) is 0 Å². The third-order valence-electron chi connectivity index (χ3n) is 5.74. The van der Waals surface area contributed by atoms with Crippen molar-refractivity contribution in [1.29, 1.82) is 0 Å². The van der Waals surface area contributed by atoms with E-state index in [-0.39, 0.29) is 11.9 Å². The average Bonchev–Trinajstić information content (AvgIpc) is 2.78. The first-order chi connectivity index (χ1) is 9.39. The van der Waals surface area contributed by atoms with Gasteiger partial charge in [0.05, 0.1) is 11.0 Å². The molecule has 0 aromatic carbocycles. The Bertz CT molecular complexity index is 350. The standard InChI is InChI=1S/C16H30N2O2/c1-3-12-6-9-16(20,10-7-12)11-18-14(19)15(2)8-4-5-13(15)17/h12-13,20H,3-11,17H2,1-2H3,(H,18,19). The van der Waals surface area contributed by atoms with Gasteiger partial charge in [-0.3, -0.25) is 4.79 Å². The molecule has 0 aromatic heterocycles. The molecule has 2 rings (SSSR count).